The molecule has 0 radical (unpaired) electrons. The van der Waals surface area contributed by atoms with Crippen molar-refractivity contribution in [2.45, 2.75) is 39.9 Å². The van der Waals surface area contributed by atoms with Gasteiger partial charge in [0.15, 0.2) is 0 Å². The third kappa shape index (κ3) is 5.00. The Hall–Kier alpha value is -1.29. The second-order valence-corrected chi connectivity index (χ2v) is 5.49. The molecule has 0 aliphatic rings. The summed E-state index contributed by atoms with van der Waals surface area (Å²) >= 11 is 0. The molecule has 0 saturated carbocycles. The SMILES string of the molecule is CC(C)NCC(=Cc1ccccc1C(F)(F)F)C(C)C. The fourth-order valence-electron chi connectivity index (χ4n) is 1.82. The molecule has 1 N–H and O–H groups in total. The second kappa shape index (κ2) is 6.93. The van der Waals surface area contributed by atoms with Gasteiger partial charge in [0.2, 0.25) is 0 Å². The molecule has 0 heterocycles. The van der Waals surface area contributed by atoms with Gasteiger partial charge in [0, 0.05) is 12.6 Å². The van der Waals surface area contributed by atoms with E-state index in [-0.39, 0.29) is 11.5 Å². The summed E-state index contributed by atoms with van der Waals surface area (Å²) in [4.78, 5) is 0. The average Bonchev–Trinajstić information content (AvgIpc) is 2.33. The zero-order valence-corrected chi connectivity index (χ0v) is 12.4. The molecule has 0 bridgehead atoms. The normalized spacial score (nSPS) is 13.3. The third-order valence-electron chi connectivity index (χ3n) is 3.06. The lowest BCUT2D eigenvalue weighted by Gasteiger charge is -2.17. The zero-order valence-electron chi connectivity index (χ0n) is 12.4. The van der Waals surface area contributed by atoms with Gasteiger partial charge in [-0.05, 0) is 17.5 Å². The van der Waals surface area contributed by atoms with Crippen molar-refractivity contribution < 1.29 is 13.2 Å². The van der Waals surface area contributed by atoms with E-state index in [1.54, 1.807) is 12.1 Å². The summed E-state index contributed by atoms with van der Waals surface area (Å²) in [6.07, 6.45) is -2.66. The summed E-state index contributed by atoms with van der Waals surface area (Å²) < 4.78 is 38.9. The van der Waals surface area contributed by atoms with Gasteiger partial charge in [-0.1, -0.05) is 57.5 Å². The van der Waals surface area contributed by atoms with E-state index in [0.717, 1.165) is 11.6 Å². The Balaban J connectivity index is 3.11. The van der Waals surface area contributed by atoms with Gasteiger partial charge in [-0.15, -0.1) is 0 Å². The van der Waals surface area contributed by atoms with Crippen molar-refractivity contribution in [1.29, 1.82) is 0 Å². The van der Waals surface area contributed by atoms with Crippen LogP contribution in [0.25, 0.3) is 6.08 Å². The highest BCUT2D eigenvalue weighted by atomic mass is 19.4. The molecule has 0 aliphatic heterocycles. The topological polar surface area (TPSA) is 12.0 Å². The van der Waals surface area contributed by atoms with Crippen molar-refractivity contribution in [2.75, 3.05) is 6.54 Å². The maximum Gasteiger partial charge on any atom is 0.416 e. The number of hydrogen-bond donors (Lipinski definition) is 1. The van der Waals surface area contributed by atoms with Crippen molar-refractivity contribution in [1.82, 2.24) is 5.32 Å². The lowest BCUT2D eigenvalue weighted by molar-refractivity contribution is -0.137. The zero-order chi connectivity index (χ0) is 15.3. The van der Waals surface area contributed by atoms with E-state index < -0.39 is 11.7 Å². The van der Waals surface area contributed by atoms with Crippen LogP contribution in [0, 0.1) is 5.92 Å². The van der Waals surface area contributed by atoms with E-state index in [1.165, 1.54) is 12.1 Å². The molecule has 0 aliphatic carbocycles. The fourth-order valence-corrected chi connectivity index (χ4v) is 1.82. The van der Waals surface area contributed by atoms with Crippen LogP contribution in [0.1, 0.15) is 38.8 Å². The van der Waals surface area contributed by atoms with Gasteiger partial charge in [-0.2, -0.15) is 13.2 Å². The first-order valence-corrected chi connectivity index (χ1v) is 6.82. The number of halogens is 3. The average molecular weight is 285 g/mol. The lowest BCUT2D eigenvalue weighted by atomic mass is 9.97. The Labute approximate surface area is 118 Å². The van der Waals surface area contributed by atoms with E-state index in [0.29, 0.717) is 12.6 Å². The minimum atomic E-state index is -4.32. The van der Waals surface area contributed by atoms with Gasteiger partial charge >= 0.3 is 6.18 Å². The summed E-state index contributed by atoms with van der Waals surface area (Å²) in [6.45, 7) is 8.61. The number of benzene rings is 1. The number of nitrogens with one attached hydrogen (secondary N) is 1. The minimum Gasteiger partial charge on any atom is -0.311 e. The summed E-state index contributed by atoms with van der Waals surface area (Å²) in [6, 6.07) is 5.99. The van der Waals surface area contributed by atoms with Crippen LogP contribution in [0.15, 0.2) is 29.8 Å². The van der Waals surface area contributed by atoms with Crippen LogP contribution in [-0.2, 0) is 6.18 Å². The smallest absolute Gasteiger partial charge is 0.311 e. The van der Waals surface area contributed by atoms with Crippen molar-refractivity contribution in [3.63, 3.8) is 0 Å². The van der Waals surface area contributed by atoms with Crippen LogP contribution in [0.5, 0.6) is 0 Å². The molecule has 4 heteroatoms. The largest absolute Gasteiger partial charge is 0.416 e. The predicted octanol–water partition coefficient (Wildman–Crippen LogP) is 4.74. The Morgan fingerprint density at radius 3 is 2.25 bits per heavy atom. The number of rotatable bonds is 5. The van der Waals surface area contributed by atoms with E-state index >= 15 is 0 Å². The molecule has 112 valence electrons. The minimum absolute atomic E-state index is 0.197. The first kappa shape index (κ1) is 16.8. The number of hydrogen-bond acceptors (Lipinski definition) is 1. The van der Waals surface area contributed by atoms with Crippen LogP contribution in [-0.4, -0.2) is 12.6 Å². The molecule has 0 spiro atoms. The Morgan fingerprint density at radius 2 is 1.75 bits per heavy atom. The molecule has 1 aromatic carbocycles. The van der Waals surface area contributed by atoms with Crippen molar-refractivity contribution in [3.05, 3.63) is 41.0 Å². The molecule has 0 unspecified atom stereocenters. The molecular formula is C16H22F3N. The Kier molecular flexibility index (Phi) is 5.81. The first-order chi connectivity index (χ1) is 9.21. The molecule has 1 nitrogen and oxygen atoms in total. The molecule has 0 saturated heterocycles. The van der Waals surface area contributed by atoms with Crippen LogP contribution < -0.4 is 5.32 Å². The maximum atomic E-state index is 13.0. The van der Waals surface area contributed by atoms with Crippen molar-refractivity contribution in [2.24, 2.45) is 5.92 Å². The summed E-state index contributed by atoms with van der Waals surface area (Å²) in [7, 11) is 0. The molecule has 0 amide bonds. The summed E-state index contributed by atoms with van der Waals surface area (Å²) in [5.41, 5.74) is 0.618. The van der Waals surface area contributed by atoms with Gasteiger partial charge in [0.1, 0.15) is 0 Å². The predicted molar refractivity (Wildman–Crippen MR) is 77.4 cm³/mol. The van der Waals surface area contributed by atoms with Crippen LogP contribution in [0.4, 0.5) is 13.2 Å². The van der Waals surface area contributed by atoms with Gasteiger partial charge < -0.3 is 5.32 Å². The molecule has 20 heavy (non-hydrogen) atoms. The van der Waals surface area contributed by atoms with Gasteiger partial charge in [0.25, 0.3) is 0 Å². The van der Waals surface area contributed by atoms with Crippen LogP contribution >= 0.6 is 0 Å². The third-order valence-corrected chi connectivity index (χ3v) is 3.06. The van der Waals surface area contributed by atoms with Crippen LogP contribution in [0.3, 0.4) is 0 Å². The fraction of sp³-hybridized carbons (Fsp3) is 0.500. The maximum absolute atomic E-state index is 13.0. The monoisotopic (exact) mass is 285 g/mol. The molecule has 1 rings (SSSR count). The van der Waals surface area contributed by atoms with E-state index in [1.807, 2.05) is 27.7 Å². The Morgan fingerprint density at radius 1 is 1.15 bits per heavy atom. The summed E-state index contributed by atoms with van der Waals surface area (Å²) in [5, 5.41) is 3.26. The highest BCUT2D eigenvalue weighted by Crippen LogP contribution is 2.33. The molecule has 0 atom stereocenters. The number of alkyl halides is 3. The van der Waals surface area contributed by atoms with E-state index in [4.69, 9.17) is 0 Å². The summed E-state index contributed by atoms with van der Waals surface area (Å²) in [5.74, 6) is 0.197. The first-order valence-electron chi connectivity index (χ1n) is 6.82. The van der Waals surface area contributed by atoms with Crippen LogP contribution in [0.2, 0.25) is 0 Å². The Bertz CT molecular complexity index is 459. The van der Waals surface area contributed by atoms with Gasteiger partial charge in [-0.3, -0.25) is 0 Å². The molecular weight excluding hydrogens is 263 g/mol. The standard InChI is InChI=1S/C16H22F3N/c1-11(2)14(10-20-12(3)4)9-13-7-5-6-8-15(13)16(17,18)19/h5-9,11-12,20H,10H2,1-4H3. The molecule has 0 fully saturated rings. The molecule has 0 aromatic heterocycles. The quantitative estimate of drug-likeness (QED) is 0.823. The van der Waals surface area contributed by atoms with Gasteiger partial charge in [-0.25, -0.2) is 0 Å². The van der Waals surface area contributed by atoms with Crippen molar-refractivity contribution in [3.8, 4) is 0 Å². The lowest BCUT2D eigenvalue weighted by Crippen LogP contribution is -2.26. The second-order valence-electron chi connectivity index (χ2n) is 5.49. The van der Waals surface area contributed by atoms with Gasteiger partial charge in [0.05, 0.1) is 5.56 Å². The highest BCUT2D eigenvalue weighted by Gasteiger charge is 2.32. The van der Waals surface area contributed by atoms with E-state index in [2.05, 4.69) is 5.32 Å². The highest BCUT2D eigenvalue weighted by molar-refractivity contribution is 5.58. The van der Waals surface area contributed by atoms with E-state index in [9.17, 15) is 13.2 Å². The van der Waals surface area contributed by atoms with Crippen molar-refractivity contribution >= 4 is 6.08 Å². The molecule has 1 aromatic rings.